The van der Waals surface area contributed by atoms with Gasteiger partial charge in [0.25, 0.3) is 0 Å². The Balaban J connectivity index is 3.52. The van der Waals surface area contributed by atoms with Crippen LogP contribution in [0.5, 0.6) is 0 Å². The summed E-state index contributed by atoms with van der Waals surface area (Å²) in [5, 5.41) is 33.2. The molecule has 1 amide bonds. The van der Waals surface area contributed by atoms with Gasteiger partial charge in [-0.15, -0.1) is 0 Å². The van der Waals surface area contributed by atoms with Crippen LogP contribution in [0, 0.1) is 0 Å². The first-order valence-corrected chi connectivity index (χ1v) is 18.3. The summed E-state index contributed by atoms with van der Waals surface area (Å²) >= 11 is 0. The topological polar surface area (TPSA) is 89.8 Å². The highest BCUT2D eigenvalue weighted by Crippen LogP contribution is 2.16. The van der Waals surface area contributed by atoms with Crippen molar-refractivity contribution in [1.82, 2.24) is 5.32 Å². The van der Waals surface area contributed by atoms with E-state index in [-0.39, 0.29) is 12.3 Å². The van der Waals surface area contributed by atoms with Crippen LogP contribution in [-0.4, -0.2) is 39.7 Å². The van der Waals surface area contributed by atoms with Gasteiger partial charge in [0, 0.05) is 12.8 Å². The molecule has 0 rings (SSSR count). The van der Waals surface area contributed by atoms with E-state index >= 15 is 0 Å². The third-order valence-electron chi connectivity index (χ3n) is 8.60. The SMILES string of the molecule is CCCCCCCCCCCCCCCCCC(=O)NC(O)CC(O)C(O)CCCCCCCCCCCCCC. The molecule has 0 aliphatic rings. The third kappa shape index (κ3) is 30.6. The van der Waals surface area contributed by atoms with Crippen molar-refractivity contribution >= 4 is 5.91 Å². The lowest BCUT2D eigenvalue weighted by Gasteiger charge is -2.21. The number of carbonyl (C=O) groups is 1. The van der Waals surface area contributed by atoms with Crippen molar-refractivity contribution < 1.29 is 20.1 Å². The summed E-state index contributed by atoms with van der Waals surface area (Å²) in [7, 11) is 0. The molecule has 0 aliphatic heterocycles. The summed E-state index contributed by atoms with van der Waals surface area (Å²) < 4.78 is 0. The second-order valence-corrected chi connectivity index (χ2v) is 12.8. The summed E-state index contributed by atoms with van der Waals surface area (Å²) in [6.07, 6.45) is 32.5. The molecular formula is C36H73NO4. The van der Waals surface area contributed by atoms with Gasteiger partial charge < -0.3 is 20.6 Å². The van der Waals surface area contributed by atoms with E-state index in [2.05, 4.69) is 19.2 Å². The Labute approximate surface area is 256 Å². The average molecular weight is 584 g/mol. The summed E-state index contributed by atoms with van der Waals surface area (Å²) in [6.45, 7) is 4.52. The van der Waals surface area contributed by atoms with Crippen LogP contribution in [0.3, 0.4) is 0 Å². The number of hydrogen-bond donors (Lipinski definition) is 4. The minimum absolute atomic E-state index is 0.0238. The fraction of sp³-hybridized carbons (Fsp3) is 0.972. The van der Waals surface area contributed by atoms with E-state index in [0.29, 0.717) is 12.8 Å². The minimum atomic E-state index is -1.11. The van der Waals surface area contributed by atoms with Gasteiger partial charge in [0.2, 0.25) is 5.91 Å². The van der Waals surface area contributed by atoms with Gasteiger partial charge in [0.15, 0.2) is 0 Å². The minimum Gasteiger partial charge on any atom is -0.390 e. The first-order valence-electron chi connectivity index (χ1n) is 18.3. The smallest absolute Gasteiger partial charge is 0.221 e. The van der Waals surface area contributed by atoms with Gasteiger partial charge >= 0.3 is 0 Å². The molecule has 0 aliphatic carbocycles. The molecule has 41 heavy (non-hydrogen) atoms. The fourth-order valence-electron chi connectivity index (χ4n) is 5.75. The van der Waals surface area contributed by atoms with Crippen molar-refractivity contribution in [2.45, 2.75) is 225 Å². The van der Waals surface area contributed by atoms with Crippen molar-refractivity contribution in [2.75, 3.05) is 0 Å². The highest BCUT2D eigenvalue weighted by molar-refractivity contribution is 5.75. The Kier molecular flexibility index (Phi) is 31.8. The van der Waals surface area contributed by atoms with E-state index in [4.69, 9.17) is 0 Å². The molecule has 0 aromatic rings. The zero-order valence-corrected chi connectivity index (χ0v) is 27.7. The zero-order chi connectivity index (χ0) is 30.2. The van der Waals surface area contributed by atoms with Gasteiger partial charge in [0.05, 0.1) is 12.2 Å². The summed E-state index contributed by atoms with van der Waals surface area (Å²) in [5.41, 5.74) is 0. The Morgan fingerprint density at radius 1 is 0.463 bits per heavy atom. The number of amides is 1. The number of aliphatic hydroxyl groups is 3. The van der Waals surface area contributed by atoms with Crippen LogP contribution >= 0.6 is 0 Å². The van der Waals surface area contributed by atoms with Crippen molar-refractivity contribution in [3.63, 3.8) is 0 Å². The van der Waals surface area contributed by atoms with E-state index in [1.165, 1.54) is 141 Å². The summed E-state index contributed by atoms with van der Waals surface area (Å²) in [5.74, 6) is -0.171. The van der Waals surface area contributed by atoms with Gasteiger partial charge in [-0.1, -0.05) is 181 Å². The molecule has 0 bridgehead atoms. The molecule has 0 radical (unpaired) electrons. The fourth-order valence-corrected chi connectivity index (χ4v) is 5.75. The Morgan fingerprint density at radius 3 is 1.15 bits per heavy atom. The normalized spacial score (nSPS) is 13.8. The van der Waals surface area contributed by atoms with E-state index in [1.807, 2.05) is 0 Å². The molecular weight excluding hydrogens is 510 g/mol. The van der Waals surface area contributed by atoms with Crippen LogP contribution < -0.4 is 5.32 Å². The number of unbranched alkanes of at least 4 members (excludes halogenated alkanes) is 25. The van der Waals surface area contributed by atoms with Gasteiger partial charge in [-0.2, -0.15) is 0 Å². The summed E-state index contributed by atoms with van der Waals surface area (Å²) in [4.78, 5) is 12.1. The lowest BCUT2D eigenvalue weighted by atomic mass is 10.0. The maximum absolute atomic E-state index is 12.1. The number of aliphatic hydroxyl groups excluding tert-OH is 3. The van der Waals surface area contributed by atoms with Crippen molar-refractivity contribution in [3.8, 4) is 0 Å². The van der Waals surface area contributed by atoms with Gasteiger partial charge in [-0.3, -0.25) is 4.79 Å². The van der Waals surface area contributed by atoms with Crippen LogP contribution in [0.1, 0.15) is 206 Å². The molecule has 0 saturated carbocycles. The molecule has 4 N–H and O–H groups in total. The Hall–Kier alpha value is -0.650. The second kappa shape index (κ2) is 32.3. The number of nitrogens with one attached hydrogen (secondary N) is 1. The molecule has 246 valence electrons. The highest BCUT2D eigenvalue weighted by Gasteiger charge is 2.20. The Bertz CT molecular complexity index is 530. The number of rotatable bonds is 33. The molecule has 3 unspecified atom stereocenters. The highest BCUT2D eigenvalue weighted by atomic mass is 16.3. The first-order chi connectivity index (χ1) is 20.0. The van der Waals surface area contributed by atoms with Crippen molar-refractivity contribution in [2.24, 2.45) is 0 Å². The van der Waals surface area contributed by atoms with E-state index in [1.54, 1.807) is 0 Å². The molecule has 5 nitrogen and oxygen atoms in total. The molecule has 0 fully saturated rings. The predicted molar refractivity (Wildman–Crippen MR) is 176 cm³/mol. The second-order valence-electron chi connectivity index (χ2n) is 12.8. The standard InChI is InChI=1S/C36H73NO4/c1-3-5-7-9-11-13-15-17-18-19-21-23-25-27-29-31-35(40)37-36(41)32-34(39)33(38)30-28-26-24-22-20-16-14-12-10-8-6-4-2/h33-34,36,38-39,41H,3-32H2,1-2H3,(H,37,40). The molecule has 0 aromatic heterocycles. The largest absolute Gasteiger partial charge is 0.390 e. The van der Waals surface area contributed by atoms with Crippen LogP contribution in [0.15, 0.2) is 0 Å². The predicted octanol–water partition coefficient (Wildman–Crippen LogP) is 9.89. The summed E-state index contributed by atoms with van der Waals surface area (Å²) in [6, 6.07) is 0. The lowest BCUT2D eigenvalue weighted by Crippen LogP contribution is -2.40. The maximum Gasteiger partial charge on any atom is 0.221 e. The number of carbonyl (C=O) groups excluding carboxylic acids is 1. The van der Waals surface area contributed by atoms with E-state index in [9.17, 15) is 20.1 Å². The van der Waals surface area contributed by atoms with Crippen molar-refractivity contribution in [3.05, 3.63) is 0 Å². The first kappa shape index (κ1) is 40.4. The van der Waals surface area contributed by atoms with Gasteiger partial charge in [-0.25, -0.2) is 0 Å². The quantitative estimate of drug-likeness (QED) is 0.0457. The van der Waals surface area contributed by atoms with Gasteiger partial charge in [-0.05, 0) is 12.8 Å². The van der Waals surface area contributed by atoms with Crippen molar-refractivity contribution in [1.29, 1.82) is 0 Å². The van der Waals surface area contributed by atoms with Crippen LogP contribution in [0.25, 0.3) is 0 Å². The maximum atomic E-state index is 12.1. The van der Waals surface area contributed by atoms with E-state index in [0.717, 1.165) is 32.1 Å². The molecule has 5 heteroatoms. The Morgan fingerprint density at radius 2 is 0.780 bits per heavy atom. The van der Waals surface area contributed by atoms with Gasteiger partial charge in [0.1, 0.15) is 6.23 Å². The average Bonchev–Trinajstić information content (AvgIpc) is 2.95. The monoisotopic (exact) mass is 584 g/mol. The third-order valence-corrected chi connectivity index (χ3v) is 8.60. The molecule has 3 atom stereocenters. The van der Waals surface area contributed by atoms with Crippen LogP contribution in [0.4, 0.5) is 0 Å². The van der Waals surface area contributed by atoms with Crippen LogP contribution in [0.2, 0.25) is 0 Å². The molecule has 0 saturated heterocycles. The molecule has 0 aromatic carbocycles. The lowest BCUT2D eigenvalue weighted by molar-refractivity contribution is -0.125. The molecule has 0 heterocycles. The number of hydrogen-bond acceptors (Lipinski definition) is 4. The van der Waals surface area contributed by atoms with E-state index < -0.39 is 18.4 Å². The van der Waals surface area contributed by atoms with Crippen LogP contribution in [-0.2, 0) is 4.79 Å². The zero-order valence-electron chi connectivity index (χ0n) is 27.7. The molecule has 0 spiro atoms.